The van der Waals surface area contributed by atoms with Crippen LogP contribution in [0.5, 0.6) is 0 Å². The number of hydrogen-bond acceptors (Lipinski definition) is 2. The molecule has 1 amide bonds. The standard InChI is InChI=1S/C17H20N2O/c1-13(14-5-3-2-4-6-14)11-12-19-16-9-7-15(8-10-16)17(18)20/h2-10,13,19H,11-12H2,1H3,(H2,18,20). The van der Waals surface area contributed by atoms with E-state index < -0.39 is 5.91 Å². The molecule has 0 saturated heterocycles. The summed E-state index contributed by atoms with van der Waals surface area (Å²) in [5.41, 5.74) is 8.11. The van der Waals surface area contributed by atoms with Gasteiger partial charge in [-0.2, -0.15) is 0 Å². The molecule has 20 heavy (non-hydrogen) atoms. The van der Waals surface area contributed by atoms with Crippen molar-refractivity contribution in [2.45, 2.75) is 19.3 Å². The van der Waals surface area contributed by atoms with Gasteiger partial charge in [-0.3, -0.25) is 4.79 Å². The summed E-state index contributed by atoms with van der Waals surface area (Å²) in [4.78, 5) is 11.0. The minimum atomic E-state index is -0.394. The minimum absolute atomic E-state index is 0.394. The molecular weight excluding hydrogens is 248 g/mol. The van der Waals surface area contributed by atoms with Crippen LogP contribution >= 0.6 is 0 Å². The van der Waals surface area contributed by atoms with E-state index in [2.05, 4.69) is 36.5 Å². The Labute approximate surface area is 119 Å². The lowest BCUT2D eigenvalue weighted by Crippen LogP contribution is -2.11. The van der Waals surface area contributed by atoms with E-state index in [4.69, 9.17) is 5.73 Å². The van der Waals surface area contributed by atoms with E-state index in [1.54, 1.807) is 12.1 Å². The number of carbonyl (C=O) groups excluding carboxylic acids is 1. The van der Waals surface area contributed by atoms with Gasteiger partial charge in [-0.1, -0.05) is 37.3 Å². The molecule has 0 bridgehead atoms. The number of anilines is 1. The Morgan fingerprint density at radius 2 is 1.75 bits per heavy atom. The zero-order valence-electron chi connectivity index (χ0n) is 11.7. The maximum absolute atomic E-state index is 11.0. The topological polar surface area (TPSA) is 55.1 Å². The first-order valence-corrected chi connectivity index (χ1v) is 6.85. The van der Waals surface area contributed by atoms with E-state index >= 15 is 0 Å². The van der Waals surface area contributed by atoms with E-state index in [0.717, 1.165) is 18.7 Å². The Kier molecular flexibility index (Phi) is 4.77. The summed E-state index contributed by atoms with van der Waals surface area (Å²) in [6.45, 7) is 3.12. The van der Waals surface area contributed by atoms with Crippen molar-refractivity contribution in [2.75, 3.05) is 11.9 Å². The molecule has 0 radical (unpaired) electrons. The number of carbonyl (C=O) groups is 1. The minimum Gasteiger partial charge on any atom is -0.385 e. The molecule has 3 nitrogen and oxygen atoms in total. The molecule has 0 saturated carbocycles. The Morgan fingerprint density at radius 3 is 2.35 bits per heavy atom. The van der Waals surface area contributed by atoms with Gasteiger partial charge in [0.05, 0.1) is 0 Å². The molecule has 0 fully saturated rings. The number of nitrogens with two attached hydrogens (primary N) is 1. The summed E-state index contributed by atoms with van der Waals surface area (Å²) < 4.78 is 0. The van der Waals surface area contributed by atoms with Gasteiger partial charge >= 0.3 is 0 Å². The van der Waals surface area contributed by atoms with Gasteiger partial charge in [-0.05, 0) is 42.2 Å². The van der Waals surface area contributed by atoms with Crippen molar-refractivity contribution in [3.8, 4) is 0 Å². The molecule has 104 valence electrons. The Hall–Kier alpha value is -2.29. The van der Waals surface area contributed by atoms with Gasteiger partial charge in [0.25, 0.3) is 0 Å². The molecule has 0 aliphatic heterocycles. The molecular formula is C17H20N2O. The van der Waals surface area contributed by atoms with Crippen LogP contribution in [0.25, 0.3) is 0 Å². The van der Waals surface area contributed by atoms with Crippen LogP contribution in [-0.4, -0.2) is 12.5 Å². The average Bonchev–Trinajstić information content (AvgIpc) is 2.48. The van der Waals surface area contributed by atoms with E-state index in [1.807, 2.05) is 18.2 Å². The van der Waals surface area contributed by atoms with Gasteiger partial charge in [0, 0.05) is 17.8 Å². The van der Waals surface area contributed by atoms with Crippen molar-refractivity contribution in [3.63, 3.8) is 0 Å². The third kappa shape index (κ3) is 3.85. The fraction of sp³-hybridized carbons (Fsp3) is 0.235. The normalized spacial score (nSPS) is 11.8. The van der Waals surface area contributed by atoms with Crippen LogP contribution in [0, 0.1) is 0 Å². The smallest absolute Gasteiger partial charge is 0.248 e. The van der Waals surface area contributed by atoms with Crippen LogP contribution in [0.4, 0.5) is 5.69 Å². The Bertz CT molecular complexity index is 549. The highest BCUT2D eigenvalue weighted by molar-refractivity contribution is 5.93. The number of benzene rings is 2. The third-order valence-corrected chi connectivity index (χ3v) is 3.44. The van der Waals surface area contributed by atoms with Gasteiger partial charge in [-0.25, -0.2) is 0 Å². The van der Waals surface area contributed by atoms with Gasteiger partial charge in [0.1, 0.15) is 0 Å². The summed E-state index contributed by atoms with van der Waals surface area (Å²) >= 11 is 0. The highest BCUT2D eigenvalue weighted by atomic mass is 16.1. The number of nitrogens with one attached hydrogen (secondary N) is 1. The van der Waals surface area contributed by atoms with Crippen LogP contribution in [0.3, 0.4) is 0 Å². The van der Waals surface area contributed by atoms with Crippen molar-refractivity contribution < 1.29 is 4.79 Å². The first-order valence-electron chi connectivity index (χ1n) is 6.85. The summed E-state index contributed by atoms with van der Waals surface area (Å²) in [5, 5.41) is 3.36. The SMILES string of the molecule is CC(CCNc1ccc(C(N)=O)cc1)c1ccccc1. The summed E-state index contributed by atoms with van der Waals surface area (Å²) in [7, 11) is 0. The lowest BCUT2D eigenvalue weighted by atomic mass is 9.98. The lowest BCUT2D eigenvalue weighted by Gasteiger charge is -2.13. The molecule has 3 N–H and O–H groups in total. The predicted octanol–water partition coefficient (Wildman–Crippen LogP) is 3.39. The van der Waals surface area contributed by atoms with E-state index in [9.17, 15) is 4.79 Å². The maximum atomic E-state index is 11.0. The second-order valence-electron chi connectivity index (χ2n) is 4.97. The van der Waals surface area contributed by atoms with E-state index in [-0.39, 0.29) is 0 Å². The summed E-state index contributed by atoms with van der Waals surface area (Å²) in [6.07, 6.45) is 1.06. The second-order valence-corrected chi connectivity index (χ2v) is 4.97. The zero-order valence-corrected chi connectivity index (χ0v) is 11.7. The van der Waals surface area contributed by atoms with Crippen LogP contribution in [0.2, 0.25) is 0 Å². The van der Waals surface area contributed by atoms with Crippen molar-refractivity contribution in [1.82, 2.24) is 0 Å². The van der Waals surface area contributed by atoms with Crippen LogP contribution in [0.15, 0.2) is 54.6 Å². The molecule has 2 aromatic carbocycles. The van der Waals surface area contributed by atoms with Crippen LogP contribution in [0.1, 0.15) is 35.2 Å². The molecule has 2 rings (SSSR count). The van der Waals surface area contributed by atoms with E-state index in [1.165, 1.54) is 5.56 Å². The number of rotatable bonds is 6. The third-order valence-electron chi connectivity index (χ3n) is 3.44. The molecule has 1 unspecified atom stereocenters. The van der Waals surface area contributed by atoms with Gasteiger partial charge in [-0.15, -0.1) is 0 Å². The molecule has 3 heteroatoms. The van der Waals surface area contributed by atoms with Crippen LogP contribution < -0.4 is 11.1 Å². The van der Waals surface area contributed by atoms with Crippen molar-refractivity contribution >= 4 is 11.6 Å². The fourth-order valence-corrected chi connectivity index (χ4v) is 2.13. The van der Waals surface area contributed by atoms with Crippen molar-refractivity contribution in [2.24, 2.45) is 5.73 Å². The first kappa shape index (κ1) is 14.1. The molecule has 1 atom stereocenters. The van der Waals surface area contributed by atoms with Gasteiger partial charge in [0.2, 0.25) is 5.91 Å². The summed E-state index contributed by atoms with van der Waals surface area (Å²) in [5.74, 6) is 0.128. The zero-order chi connectivity index (χ0) is 14.4. The Morgan fingerprint density at radius 1 is 1.10 bits per heavy atom. The molecule has 0 aliphatic carbocycles. The molecule has 0 heterocycles. The molecule has 0 aromatic heterocycles. The van der Waals surface area contributed by atoms with Crippen LogP contribution in [-0.2, 0) is 0 Å². The van der Waals surface area contributed by atoms with Gasteiger partial charge < -0.3 is 11.1 Å². The van der Waals surface area contributed by atoms with Gasteiger partial charge in [0.15, 0.2) is 0 Å². The Balaban J connectivity index is 1.82. The molecule has 2 aromatic rings. The quantitative estimate of drug-likeness (QED) is 0.843. The summed E-state index contributed by atoms with van der Waals surface area (Å²) in [6, 6.07) is 17.7. The van der Waals surface area contributed by atoms with Crippen molar-refractivity contribution in [3.05, 3.63) is 65.7 Å². The first-order chi connectivity index (χ1) is 9.66. The monoisotopic (exact) mass is 268 g/mol. The lowest BCUT2D eigenvalue weighted by molar-refractivity contribution is 0.100. The average molecular weight is 268 g/mol. The number of primary amides is 1. The highest BCUT2D eigenvalue weighted by Gasteiger charge is 2.04. The maximum Gasteiger partial charge on any atom is 0.248 e. The second kappa shape index (κ2) is 6.75. The number of amides is 1. The molecule has 0 spiro atoms. The number of hydrogen-bond donors (Lipinski definition) is 2. The highest BCUT2D eigenvalue weighted by Crippen LogP contribution is 2.18. The fourth-order valence-electron chi connectivity index (χ4n) is 2.13. The van der Waals surface area contributed by atoms with Crippen molar-refractivity contribution in [1.29, 1.82) is 0 Å². The van der Waals surface area contributed by atoms with E-state index in [0.29, 0.717) is 11.5 Å². The molecule has 0 aliphatic rings. The predicted molar refractivity (Wildman–Crippen MR) is 82.9 cm³/mol. The largest absolute Gasteiger partial charge is 0.385 e.